The molecular weight excluding hydrogens is 282 g/mol. The Morgan fingerprint density at radius 2 is 2.18 bits per heavy atom. The highest BCUT2D eigenvalue weighted by Crippen LogP contribution is 2.36. The molecule has 0 radical (unpaired) electrons. The second-order valence-electron chi connectivity index (χ2n) is 6.23. The summed E-state index contributed by atoms with van der Waals surface area (Å²) in [6.45, 7) is 5.43. The normalized spacial score (nSPS) is 19.4. The number of hydrogen-bond acceptors (Lipinski definition) is 5. The molecule has 0 spiro atoms. The van der Waals surface area contributed by atoms with Gasteiger partial charge in [0.15, 0.2) is 0 Å². The van der Waals surface area contributed by atoms with Crippen molar-refractivity contribution in [3.8, 4) is 11.5 Å². The predicted molar refractivity (Wildman–Crippen MR) is 85.6 cm³/mol. The lowest BCUT2D eigenvalue weighted by Gasteiger charge is -2.30. The van der Waals surface area contributed by atoms with Crippen LogP contribution in [-0.4, -0.2) is 44.2 Å². The Kier molecular flexibility index (Phi) is 5.67. The Balaban J connectivity index is 2.17. The van der Waals surface area contributed by atoms with Gasteiger partial charge in [0.05, 0.1) is 13.7 Å². The minimum Gasteiger partial charge on any atom is -0.497 e. The van der Waals surface area contributed by atoms with E-state index in [4.69, 9.17) is 14.2 Å². The van der Waals surface area contributed by atoms with Gasteiger partial charge in [-0.2, -0.15) is 0 Å². The fraction of sp³-hybridized carbons (Fsp3) is 0.647. The summed E-state index contributed by atoms with van der Waals surface area (Å²) in [7, 11) is 3.35. The van der Waals surface area contributed by atoms with E-state index in [-0.39, 0.29) is 18.2 Å². The minimum atomic E-state index is -0.274. The second-order valence-corrected chi connectivity index (χ2v) is 6.23. The summed E-state index contributed by atoms with van der Waals surface area (Å²) < 4.78 is 16.6. The van der Waals surface area contributed by atoms with Crippen LogP contribution in [-0.2, 0) is 17.7 Å². The molecule has 1 aliphatic rings. The number of benzene rings is 1. The average Bonchev–Trinajstić information content (AvgIpc) is 2.85. The fourth-order valence-electron chi connectivity index (χ4n) is 2.91. The fourth-order valence-corrected chi connectivity index (χ4v) is 2.91. The number of rotatable bonds is 8. The van der Waals surface area contributed by atoms with E-state index in [1.807, 2.05) is 12.1 Å². The van der Waals surface area contributed by atoms with E-state index in [9.17, 15) is 5.11 Å². The number of aliphatic hydroxyl groups is 1. The molecule has 1 aliphatic heterocycles. The van der Waals surface area contributed by atoms with Crippen LogP contribution in [0.25, 0.3) is 0 Å². The van der Waals surface area contributed by atoms with Gasteiger partial charge in [0, 0.05) is 43.3 Å². The summed E-state index contributed by atoms with van der Waals surface area (Å²) in [6, 6.07) is 4.06. The third-order valence-corrected chi connectivity index (χ3v) is 4.11. The molecule has 0 saturated carbocycles. The standard InChI is InChI=1S/C17H27NO4/c1-12-7-13-8-15(21-4)9-14(16(13)22-12)10-18-17(2,5-6-19)11-20-3/h8-9,12,18-19H,5-7,10-11H2,1-4H3/t12-,17+/m1/s1. The summed E-state index contributed by atoms with van der Waals surface area (Å²) in [5.74, 6) is 1.81. The molecule has 1 aromatic carbocycles. The molecule has 2 atom stereocenters. The topological polar surface area (TPSA) is 60.0 Å². The van der Waals surface area contributed by atoms with Crippen molar-refractivity contribution in [2.75, 3.05) is 27.4 Å². The van der Waals surface area contributed by atoms with E-state index < -0.39 is 0 Å². The van der Waals surface area contributed by atoms with Gasteiger partial charge >= 0.3 is 0 Å². The Bertz CT molecular complexity index is 498. The van der Waals surface area contributed by atoms with Crippen LogP contribution < -0.4 is 14.8 Å². The highest BCUT2D eigenvalue weighted by molar-refractivity contribution is 5.49. The van der Waals surface area contributed by atoms with Gasteiger partial charge in [-0.05, 0) is 32.4 Å². The number of nitrogens with one attached hydrogen (secondary N) is 1. The Morgan fingerprint density at radius 1 is 1.41 bits per heavy atom. The first-order valence-corrected chi connectivity index (χ1v) is 7.72. The largest absolute Gasteiger partial charge is 0.497 e. The molecule has 0 saturated heterocycles. The van der Waals surface area contributed by atoms with Crippen LogP contribution in [0.3, 0.4) is 0 Å². The first-order valence-electron chi connectivity index (χ1n) is 7.72. The number of fused-ring (bicyclic) bond motifs is 1. The molecule has 22 heavy (non-hydrogen) atoms. The summed E-state index contributed by atoms with van der Waals surface area (Å²) in [5.41, 5.74) is 2.00. The molecule has 2 rings (SSSR count). The lowest BCUT2D eigenvalue weighted by atomic mass is 9.98. The zero-order valence-electron chi connectivity index (χ0n) is 13.9. The van der Waals surface area contributed by atoms with Gasteiger partial charge in [-0.3, -0.25) is 0 Å². The van der Waals surface area contributed by atoms with Crippen LogP contribution in [0.1, 0.15) is 31.4 Å². The van der Waals surface area contributed by atoms with E-state index in [1.54, 1.807) is 14.2 Å². The summed E-state index contributed by atoms with van der Waals surface area (Å²) in [5, 5.41) is 12.7. The number of aliphatic hydroxyl groups excluding tert-OH is 1. The van der Waals surface area contributed by atoms with Gasteiger partial charge in [-0.15, -0.1) is 0 Å². The molecule has 0 aliphatic carbocycles. The molecule has 0 amide bonds. The average molecular weight is 309 g/mol. The van der Waals surface area contributed by atoms with Crippen LogP contribution in [0.4, 0.5) is 0 Å². The van der Waals surface area contributed by atoms with Gasteiger partial charge in [-0.1, -0.05) is 0 Å². The molecule has 0 aromatic heterocycles. The minimum absolute atomic E-state index is 0.122. The van der Waals surface area contributed by atoms with Crippen molar-refractivity contribution in [1.29, 1.82) is 0 Å². The van der Waals surface area contributed by atoms with E-state index in [0.29, 0.717) is 19.6 Å². The Labute approximate surface area is 132 Å². The summed E-state index contributed by atoms with van der Waals surface area (Å²) in [6.07, 6.45) is 1.74. The smallest absolute Gasteiger partial charge is 0.127 e. The van der Waals surface area contributed by atoms with Crippen LogP contribution in [0.2, 0.25) is 0 Å². The molecular formula is C17H27NO4. The molecule has 5 nitrogen and oxygen atoms in total. The van der Waals surface area contributed by atoms with Gasteiger partial charge in [0.2, 0.25) is 0 Å². The van der Waals surface area contributed by atoms with Crippen molar-refractivity contribution < 1.29 is 19.3 Å². The maximum Gasteiger partial charge on any atom is 0.127 e. The Morgan fingerprint density at radius 3 is 2.82 bits per heavy atom. The maximum atomic E-state index is 9.26. The molecule has 0 unspecified atom stereocenters. The van der Waals surface area contributed by atoms with Crippen LogP contribution in [0, 0.1) is 0 Å². The van der Waals surface area contributed by atoms with Gasteiger partial charge in [0.1, 0.15) is 17.6 Å². The first-order chi connectivity index (χ1) is 10.5. The van der Waals surface area contributed by atoms with E-state index in [2.05, 4.69) is 19.2 Å². The quantitative estimate of drug-likeness (QED) is 0.768. The molecule has 1 heterocycles. The third-order valence-electron chi connectivity index (χ3n) is 4.11. The SMILES string of the molecule is COC[C@](C)(CCO)NCc1cc(OC)cc2c1O[C@H](C)C2. The molecule has 5 heteroatoms. The van der Waals surface area contributed by atoms with Crippen molar-refractivity contribution in [3.63, 3.8) is 0 Å². The van der Waals surface area contributed by atoms with E-state index >= 15 is 0 Å². The molecule has 1 aromatic rings. The highest BCUT2D eigenvalue weighted by Gasteiger charge is 2.27. The number of ether oxygens (including phenoxy) is 3. The van der Waals surface area contributed by atoms with Crippen LogP contribution >= 0.6 is 0 Å². The lowest BCUT2D eigenvalue weighted by molar-refractivity contribution is 0.0967. The van der Waals surface area contributed by atoms with Crippen molar-refractivity contribution in [2.45, 2.75) is 44.9 Å². The van der Waals surface area contributed by atoms with Gasteiger partial charge in [0.25, 0.3) is 0 Å². The van der Waals surface area contributed by atoms with Gasteiger partial charge in [-0.25, -0.2) is 0 Å². The predicted octanol–water partition coefficient (Wildman–Crippen LogP) is 1.90. The number of methoxy groups -OCH3 is 2. The van der Waals surface area contributed by atoms with Crippen molar-refractivity contribution in [1.82, 2.24) is 5.32 Å². The highest BCUT2D eigenvalue weighted by atomic mass is 16.5. The van der Waals surface area contributed by atoms with E-state index in [1.165, 1.54) is 5.56 Å². The van der Waals surface area contributed by atoms with Crippen molar-refractivity contribution in [3.05, 3.63) is 23.3 Å². The summed E-state index contributed by atoms with van der Waals surface area (Å²) in [4.78, 5) is 0. The van der Waals surface area contributed by atoms with Crippen molar-refractivity contribution in [2.24, 2.45) is 0 Å². The van der Waals surface area contributed by atoms with Crippen molar-refractivity contribution >= 4 is 0 Å². The zero-order chi connectivity index (χ0) is 16.2. The summed E-state index contributed by atoms with van der Waals surface area (Å²) >= 11 is 0. The van der Waals surface area contributed by atoms with Crippen LogP contribution in [0.15, 0.2) is 12.1 Å². The second kappa shape index (κ2) is 7.31. The molecule has 2 N–H and O–H groups in total. The lowest BCUT2D eigenvalue weighted by Crippen LogP contribution is -2.46. The zero-order valence-corrected chi connectivity index (χ0v) is 13.9. The third kappa shape index (κ3) is 3.91. The Hall–Kier alpha value is -1.30. The monoisotopic (exact) mass is 309 g/mol. The molecule has 0 bridgehead atoms. The first kappa shape index (κ1) is 17.1. The van der Waals surface area contributed by atoms with E-state index in [0.717, 1.165) is 23.5 Å². The molecule has 0 fully saturated rings. The number of hydrogen-bond donors (Lipinski definition) is 2. The molecule has 124 valence electrons. The van der Waals surface area contributed by atoms with Gasteiger partial charge < -0.3 is 24.6 Å². The van der Waals surface area contributed by atoms with Crippen LogP contribution in [0.5, 0.6) is 11.5 Å². The maximum absolute atomic E-state index is 9.26.